The molecule has 2 saturated heterocycles. The van der Waals surface area contributed by atoms with Gasteiger partial charge in [-0.25, -0.2) is 4.39 Å². The lowest BCUT2D eigenvalue weighted by atomic mass is 9.98. The van der Waals surface area contributed by atoms with Gasteiger partial charge in [0.25, 0.3) is 5.91 Å². The molecule has 0 aliphatic carbocycles. The number of imide groups is 1. The third-order valence-corrected chi connectivity index (χ3v) is 6.06. The number of hydrogen-bond donors (Lipinski definition) is 2. The fraction of sp³-hybridized carbons (Fsp3) is 0.429. The number of benzene rings is 1. The van der Waals surface area contributed by atoms with Crippen molar-refractivity contribution in [2.45, 2.75) is 38.3 Å². The summed E-state index contributed by atoms with van der Waals surface area (Å²) in [5.41, 5.74) is 1.78. The summed E-state index contributed by atoms with van der Waals surface area (Å²) in [5, 5.41) is 15.2. The summed E-state index contributed by atoms with van der Waals surface area (Å²) in [4.78, 5) is 23.7. The molecule has 8 nitrogen and oxygen atoms in total. The molecule has 30 heavy (non-hydrogen) atoms. The third-order valence-electron chi connectivity index (χ3n) is 6.06. The van der Waals surface area contributed by atoms with E-state index in [-0.39, 0.29) is 24.1 Å². The van der Waals surface area contributed by atoms with E-state index in [2.05, 4.69) is 20.8 Å². The van der Waals surface area contributed by atoms with Crippen LogP contribution in [0.15, 0.2) is 30.7 Å². The van der Waals surface area contributed by atoms with E-state index in [0.29, 0.717) is 34.4 Å². The molecule has 5 rings (SSSR count). The second-order valence-corrected chi connectivity index (χ2v) is 8.06. The number of aromatic nitrogens is 4. The van der Waals surface area contributed by atoms with Crippen molar-refractivity contribution in [1.29, 1.82) is 0 Å². The average molecular weight is 410 g/mol. The molecule has 2 N–H and O–H groups in total. The van der Waals surface area contributed by atoms with Gasteiger partial charge < -0.3 is 5.32 Å². The van der Waals surface area contributed by atoms with Gasteiger partial charge in [-0.3, -0.25) is 24.3 Å². The molecule has 2 aliphatic rings. The first kappa shape index (κ1) is 18.9. The van der Waals surface area contributed by atoms with Crippen LogP contribution in [0, 0.1) is 11.7 Å². The summed E-state index contributed by atoms with van der Waals surface area (Å²) in [7, 11) is 0. The van der Waals surface area contributed by atoms with Gasteiger partial charge in [0, 0.05) is 35.7 Å². The lowest BCUT2D eigenvalue weighted by Crippen LogP contribution is -2.42. The third kappa shape index (κ3) is 3.39. The number of carbonyl (C=O) groups is 2. The van der Waals surface area contributed by atoms with E-state index < -0.39 is 6.04 Å². The van der Waals surface area contributed by atoms with Crippen molar-refractivity contribution in [3.63, 3.8) is 0 Å². The topological polar surface area (TPSA) is 93.8 Å². The van der Waals surface area contributed by atoms with Crippen LogP contribution in [0.2, 0.25) is 0 Å². The Kier molecular flexibility index (Phi) is 4.82. The van der Waals surface area contributed by atoms with Crippen LogP contribution in [0.4, 0.5) is 4.39 Å². The van der Waals surface area contributed by atoms with Gasteiger partial charge in [0.15, 0.2) is 0 Å². The largest absolute Gasteiger partial charge is 0.317 e. The summed E-state index contributed by atoms with van der Waals surface area (Å²) >= 11 is 0. The number of nitrogens with one attached hydrogen (secondary N) is 2. The lowest BCUT2D eigenvalue weighted by molar-refractivity contribution is -0.135. The maximum Gasteiger partial charge on any atom is 0.251 e. The molecule has 2 fully saturated rings. The number of halogens is 1. The van der Waals surface area contributed by atoms with Crippen LogP contribution < -0.4 is 10.6 Å². The smallest absolute Gasteiger partial charge is 0.251 e. The van der Waals surface area contributed by atoms with E-state index in [0.717, 1.165) is 32.5 Å². The molecular weight excluding hydrogens is 387 g/mol. The van der Waals surface area contributed by atoms with E-state index in [4.69, 9.17) is 0 Å². The zero-order valence-corrected chi connectivity index (χ0v) is 16.5. The average Bonchev–Trinajstić information content (AvgIpc) is 3.36. The number of fused-ring (bicyclic) bond motifs is 1. The van der Waals surface area contributed by atoms with E-state index in [9.17, 15) is 14.0 Å². The van der Waals surface area contributed by atoms with Gasteiger partial charge in [0.2, 0.25) is 5.91 Å². The summed E-state index contributed by atoms with van der Waals surface area (Å²) in [5.74, 6) is -0.445. The summed E-state index contributed by atoms with van der Waals surface area (Å²) in [6.07, 6.45) is 8.00. The maximum atomic E-state index is 14.8. The second-order valence-electron chi connectivity index (χ2n) is 8.06. The molecule has 2 amide bonds. The predicted octanol–water partition coefficient (Wildman–Crippen LogP) is 2.02. The highest BCUT2D eigenvalue weighted by Gasteiger charge is 2.30. The summed E-state index contributed by atoms with van der Waals surface area (Å²) in [6, 6.07) is 2.44. The Bertz CT molecular complexity index is 1110. The van der Waals surface area contributed by atoms with Gasteiger partial charge in [-0.05, 0) is 50.4 Å². The zero-order valence-electron chi connectivity index (χ0n) is 16.5. The second kappa shape index (κ2) is 7.64. The van der Waals surface area contributed by atoms with Crippen LogP contribution in [0.3, 0.4) is 0 Å². The first-order chi connectivity index (χ1) is 14.6. The summed E-state index contributed by atoms with van der Waals surface area (Å²) < 4.78 is 18.3. The summed E-state index contributed by atoms with van der Waals surface area (Å²) in [6.45, 7) is 2.85. The Morgan fingerprint density at radius 2 is 1.93 bits per heavy atom. The van der Waals surface area contributed by atoms with Gasteiger partial charge in [-0.15, -0.1) is 0 Å². The van der Waals surface area contributed by atoms with Crippen molar-refractivity contribution in [1.82, 2.24) is 30.2 Å². The van der Waals surface area contributed by atoms with E-state index in [1.165, 1.54) is 6.07 Å². The number of hydrogen-bond acceptors (Lipinski definition) is 5. The number of piperidine rings is 2. The van der Waals surface area contributed by atoms with Gasteiger partial charge in [0.05, 0.1) is 17.9 Å². The van der Waals surface area contributed by atoms with Crippen LogP contribution in [0.5, 0.6) is 0 Å². The Hall–Kier alpha value is -3.07. The van der Waals surface area contributed by atoms with Gasteiger partial charge >= 0.3 is 0 Å². The Morgan fingerprint density at radius 3 is 2.73 bits per heavy atom. The molecule has 0 spiro atoms. The van der Waals surface area contributed by atoms with Gasteiger partial charge in [0.1, 0.15) is 11.9 Å². The Balaban J connectivity index is 1.48. The molecule has 0 bridgehead atoms. The van der Waals surface area contributed by atoms with E-state index in [1.54, 1.807) is 23.1 Å². The monoisotopic (exact) mass is 410 g/mol. The van der Waals surface area contributed by atoms with Crippen LogP contribution in [-0.2, 0) is 16.1 Å². The Labute approximate surface area is 172 Å². The van der Waals surface area contributed by atoms with E-state index >= 15 is 0 Å². The van der Waals surface area contributed by atoms with Crippen molar-refractivity contribution < 1.29 is 14.0 Å². The van der Waals surface area contributed by atoms with E-state index in [1.807, 2.05) is 10.9 Å². The maximum absolute atomic E-state index is 14.8. The number of amides is 2. The van der Waals surface area contributed by atoms with Crippen LogP contribution in [0.1, 0.15) is 31.7 Å². The minimum atomic E-state index is -0.582. The van der Waals surface area contributed by atoms with Crippen molar-refractivity contribution in [3.05, 3.63) is 36.5 Å². The predicted molar refractivity (Wildman–Crippen MR) is 108 cm³/mol. The number of rotatable bonds is 4. The fourth-order valence-electron chi connectivity index (χ4n) is 4.47. The number of nitrogens with zero attached hydrogens (tertiary/aromatic N) is 4. The van der Waals surface area contributed by atoms with Crippen LogP contribution in [-0.4, -0.2) is 44.5 Å². The first-order valence-corrected chi connectivity index (χ1v) is 10.3. The SMILES string of the molecule is O=C1CCC(n2ncc3c(-c4cnn(CC5CCNCC5)c4)c(F)ccc32)C(=O)N1. The van der Waals surface area contributed by atoms with Gasteiger partial charge in [-0.1, -0.05) is 0 Å². The van der Waals surface area contributed by atoms with Crippen molar-refractivity contribution in [2.75, 3.05) is 13.1 Å². The van der Waals surface area contributed by atoms with Gasteiger partial charge in [-0.2, -0.15) is 10.2 Å². The molecule has 156 valence electrons. The van der Waals surface area contributed by atoms with Crippen LogP contribution in [0.25, 0.3) is 22.0 Å². The molecule has 4 heterocycles. The standard InChI is InChI=1S/C21H23FN6O2/c22-16-1-2-17-15(10-25-28(17)18-3-4-19(29)26-21(18)30)20(16)14-9-24-27(12-14)11-13-5-7-23-8-6-13/h1-2,9-10,12-13,18,23H,3-8,11H2,(H,26,29,30). The normalized spacial score (nSPS) is 20.6. The van der Waals surface area contributed by atoms with Crippen molar-refractivity contribution in [2.24, 2.45) is 5.92 Å². The molecular formula is C21H23FN6O2. The van der Waals surface area contributed by atoms with Crippen molar-refractivity contribution in [3.8, 4) is 11.1 Å². The highest BCUT2D eigenvalue weighted by molar-refractivity contribution is 6.01. The molecule has 3 aromatic rings. The minimum Gasteiger partial charge on any atom is -0.317 e. The molecule has 1 atom stereocenters. The Morgan fingerprint density at radius 1 is 1.10 bits per heavy atom. The molecule has 0 saturated carbocycles. The zero-order chi connectivity index (χ0) is 20.7. The molecule has 0 radical (unpaired) electrons. The quantitative estimate of drug-likeness (QED) is 0.642. The van der Waals surface area contributed by atoms with Crippen molar-refractivity contribution >= 4 is 22.7 Å². The van der Waals surface area contributed by atoms with Crippen LogP contribution >= 0.6 is 0 Å². The first-order valence-electron chi connectivity index (χ1n) is 10.3. The minimum absolute atomic E-state index is 0.259. The lowest BCUT2D eigenvalue weighted by Gasteiger charge is -2.22. The highest BCUT2D eigenvalue weighted by atomic mass is 19.1. The molecule has 2 aliphatic heterocycles. The number of carbonyl (C=O) groups excluding carboxylic acids is 2. The molecule has 9 heteroatoms. The highest BCUT2D eigenvalue weighted by Crippen LogP contribution is 2.33. The molecule has 1 aromatic carbocycles. The fourth-order valence-corrected chi connectivity index (χ4v) is 4.47. The molecule has 2 aromatic heterocycles. The molecule has 1 unspecified atom stereocenters.